The first-order chi connectivity index (χ1) is 16.9. The summed E-state index contributed by atoms with van der Waals surface area (Å²) >= 11 is 0. The van der Waals surface area contributed by atoms with Crippen LogP contribution in [0.2, 0.25) is 0 Å². The van der Waals surface area contributed by atoms with Gasteiger partial charge in [0.1, 0.15) is 12.5 Å². The molecule has 2 amide bonds. The molecule has 1 heterocycles. The zero-order chi connectivity index (χ0) is 24.6. The van der Waals surface area contributed by atoms with E-state index in [9.17, 15) is 19.5 Å². The number of carboxylic acid groups (broad SMARTS) is 1. The van der Waals surface area contributed by atoms with Crippen molar-refractivity contribution < 1.29 is 29.0 Å². The fourth-order valence-corrected chi connectivity index (χ4v) is 5.42. The number of carbonyl (C=O) groups is 3. The number of benzene rings is 2. The van der Waals surface area contributed by atoms with E-state index in [1.807, 2.05) is 31.2 Å². The Balaban J connectivity index is 1.20. The van der Waals surface area contributed by atoms with Crippen molar-refractivity contribution in [3.63, 3.8) is 0 Å². The van der Waals surface area contributed by atoms with Gasteiger partial charge in [0.25, 0.3) is 0 Å². The summed E-state index contributed by atoms with van der Waals surface area (Å²) in [6.45, 7) is 2.74. The van der Waals surface area contributed by atoms with Crippen LogP contribution >= 0.6 is 0 Å². The number of ether oxygens (including phenoxy) is 2. The Morgan fingerprint density at radius 1 is 1.06 bits per heavy atom. The van der Waals surface area contributed by atoms with Crippen LogP contribution in [0.5, 0.6) is 0 Å². The van der Waals surface area contributed by atoms with Crippen LogP contribution in [0, 0.1) is 5.92 Å². The van der Waals surface area contributed by atoms with Gasteiger partial charge in [-0.25, -0.2) is 4.79 Å². The van der Waals surface area contributed by atoms with Crippen molar-refractivity contribution in [2.75, 3.05) is 26.4 Å². The Morgan fingerprint density at radius 2 is 1.69 bits per heavy atom. The van der Waals surface area contributed by atoms with Crippen LogP contribution in [0.4, 0.5) is 4.79 Å². The number of rotatable bonds is 8. The minimum atomic E-state index is -0.961. The van der Waals surface area contributed by atoms with Gasteiger partial charge in [0.05, 0.1) is 31.2 Å². The van der Waals surface area contributed by atoms with Crippen LogP contribution in [0.1, 0.15) is 43.2 Å². The third-order valence-electron chi connectivity index (χ3n) is 7.48. The molecule has 0 radical (unpaired) electrons. The molecule has 2 atom stereocenters. The number of likely N-dealkylation sites (N-methyl/N-ethyl adjacent to an activating group) is 1. The molecule has 2 aromatic rings. The number of aliphatic carboxylic acids is 1. The number of nitrogens with zero attached hydrogens (tertiary/aromatic N) is 1. The predicted octanol–water partition coefficient (Wildman–Crippen LogP) is 3.40. The lowest BCUT2D eigenvalue weighted by Crippen LogP contribution is -2.49. The van der Waals surface area contributed by atoms with Gasteiger partial charge in [0.2, 0.25) is 5.91 Å². The molecule has 8 heteroatoms. The van der Waals surface area contributed by atoms with E-state index in [2.05, 4.69) is 29.6 Å². The summed E-state index contributed by atoms with van der Waals surface area (Å²) in [6.07, 6.45) is 0.954. The minimum Gasteiger partial charge on any atom is -0.481 e. The minimum absolute atomic E-state index is 0.0316. The van der Waals surface area contributed by atoms with Crippen molar-refractivity contribution in [1.82, 2.24) is 10.2 Å². The summed E-state index contributed by atoms with van der Waals surface area (Å²) in [6, 6.07) is 15.8. The predicted molar refractivity (Wildman–Crippen MR) is 128 cm³/mol. The highest BCUT2D eigenvalue weighted by Crippen LogP contribution is 2.45. The van der Waals surface area contributed by atoms with Gasteiger partial charge in [-0.3, -0.25) is 9.59 Å². The molecular formula is C27H30N2O6. The first kappa shape index (κ1) is 23.4. The number of alkyl carbamates (subject to hydrolysis) is 1. The number of carboxylic acids is 1. The molecule has 1 saturated carbocycles. The Morgan fingerprint density at radius 3 is 2.26 bits per heavy atom. The molecule has 2 unspecified atom stereocenters. The maximum atomic E-state index is 13.1. The number of amides is 2. The third kappa shape index (κ3) is 4.50. The Bertz CT molecular complexity index is 1100. The first-order valence-electron chi connectivity index (χ1n) is 12.2. The van der Waals surface area contributed by atoms with E-state index in [0.29, 0.717) is 19.4 Å². The zero-order valence-electron chi connectivity index (χ0n) is 19.7. The second-order valence-corrected chi connectivity index (χ2v) is 9.64. The standard InChI is InChI=1S/C27H30N2O6/c1-2-29(23-16-34-14-22(23)25(31)32)24(30)13-27(11-12-27)28-26(33)35-15-21-19-9-5-3-7-17(19)18-8-4-6-10-20(18)21/h3-10,21-23H,2,11-16H2,1H3,(H,28,33)(H,31,32). The normalized spacial score (nSPS) is 21.6. The summed E-state index contributed by atoms with van der Waals surface area (Å²) < 4.78 is 11.0. The van der Waals surface area contributed by atoms with Gasteiger partial charge in [0.15, 0.2) is 0 Å². The molecule has 2 N–H and O–H groups in total. The van der Waals surface area contributed by atoms with E-state index in [1.165, 1.54) is 0 Å². The molecule has 8 nitrogen and oxygen atoms in total. The zero-order valence-corrected chi connectivity index (χ0v) is 19.7. The van der Waals surface area contributed by atoms with Crippen molar-refractivity contribution in [2.24, 2.45) is 5.92 Å². The molecule has 35 heavy (non-hydrogen) atoms. The first-order valence-corrected chi connectivity index (χ1v) is 12.2. The molecule has 1 saturated heterocycles. The van der Waals surface area contributed by atoms with Crippen LogP contribution in [-0.2, 0) is 19.1 Å². The lowest BCUT2D eigenvalue weighted by molar-refractivity contribution is -0.145. The van der Waals surface area contributed by atoms with Crippen LogP contribution in [0.25, 0.3) is 11.1 Å². The summed E-state index contributed by atoms with van der Waals surface area (Å²) in [7, 11) is 0. The lowest BCUT2D eigenvalue weighted by Gasteiger charge is -2.31. The summed E-state index contributed by atoms with van der Waals surface area (Å²) in [4.78, 5) is 39.0. The van der Waals surface area contributed by atoms with E-state index in [0.717, 1.165) is 22.3 Å². The van der Waals surface area contributed by atoms with E-state index >= 15 is 0 Å². The maximum absolute atomic E-state index is 13.1. The maximum Gasteiger partial charge on any atom is 0.407 e. The fraction of sp³-hybridized carbons (Fsp3) is 0.444. The van der Waals surface area contributed by atoms with Gasteiger partial charge in [0, 0.05) is 12.5 Å². The SMILES string of the molecule is CCN(C(=O)CC1(NC(=O)OCC2c3ccccc3-c3ccccc32)CC1)C1COCC1C(=O)O. The second kappa shape index (κ2) is 9.34. The lowest BCUT2D eigenvalue weighted by atomic mass is 9.98. The number of nitrogens with one attached hydrogen (secondary N) is 1. The van der Waals surface area contributed by atoms with Gasteiger partial charge < -0.3 is 24.8 Å². The molecule has 0 aromatic heterocycles. The monoisotopic (exact) mass is 478 g/mol. The molecule has 1 aliphatic heterocycles. The molecular weight excluding hydrogens is 448 g/mol. The van der Waals surface area contributed by atoms with E-state index < -0.39 is 29.6 Å². The summed E-state index contributed by atoms with van der Waals surface area (Å²) in [5.74, 6) is -1.90. The van der Waals surface area contributed by atoms with Gasteiger partial charge in [-0.1, -0.05) is 48.5 Å². The molecule has 3 aliphatic rings. The fourth-order valence-electron chi connectivity index (χ4n) is 5.42. The molecule has 0 spiro atoms. The van der Waals surface area contributed by atoms with Crippen LogP contribution < -0.4 is 5.32 Å². The summed E-state index contributed by atoms with van der Waals surface area (Å²) in [5, 5.41) is 12.4. The molecule has 0 bridgehead atoms. The highest BCUT2D eigenvalue weighted by atomic mass is 16.5. The van der Waals surface area contributed by atoms with Gasteiger partial charge in [-0.15, -0.1) is 0 Å². The number of carbonyl (C=O) groups excluding carboxylic acids is 2. The van der Waals surface area contributed by atoms with E-state index in [-0.39, 0.29) is 38.1 Å². The van der Waals surface area contributed by atoms with Gasteiger partial charge in [-0.2, -0.15) is 0 Å². The third-order valence-corrected chi connectivity index (χ3v) is 7.48. The largest absolute Gasteiger partial charge is 0.481 e. The quantitative estimate of drug-likeness (QED) is 0.603. The number of fused-ring (bicyclic) bond motifs is 3. The average molecular weight is 479 g/mol. The second-order valence-electron chi connectivity index (χ2n) is 9.64. The van der Waals surface area contributed by atoms with Gasteiger partial charge in [-0.05, 0) is 42.0 Å². The molecule has 184 valence electrons. The van der Waals surface area contributed by atoms with Crippen molar-refractivity contribution in [1.29, 1.82) is 0 Å². The van der Waals surface area contributed by atoms with Crippen molar-refractivity contribution in [3.8, 4) is 11.1 Å². The van der Waals surface area contributed by atoms with Gasteiger partial charge >= 0.3 is 12.1 Å². The van der Waals surface area contributed by atoms with Crippen LogP contribution in [-0.4, -0.2) is 65.9 Å². The van der Waals surface area contributed by atoms with Crippen molar-refractivity contribution >= 4 is 18.0 Å². The van der Waals surface area contributed by atoms with E-state index in [1.54, 1.807) is 4.90 Å². The summed E-state index contributed by atoms with van der Waals surface area (Å²) in [5.41, 5.74) is 3.98. The van der Waals surface area contributed by atoms with Crippen LogP contribution in [0.3, 0.4) is 0 Å². The highest BCUT2D eigenvalue weighted by molar-refractivity contribution is 5.82. The molecule has 5 rings (SSSR count). The molecule has 2 aliphatic carbocycles. The molecule has 2 aromatic carbocycles. The Hall–Kier alpha value is -3.39. The topological polar surface area (TPSA) is 105 Å². The van der Waals surface area contributed by atoms with Crippen LogP contribution in [0.15, 0.2) is 48.5 Å². The Labute approximate surface area is 204 Å². The molecule has 2 fully saturated rings. The van der Waals surface area contributed by atoms with Crippen molar-refractivity contribution in [3.05, 3.63) is 59.7 Å². The number of hydrogen-bond acceptors (Lipinski definition) is 5. The average Bonchev–Trinajstić information content (AvgIpc) is 3.28. The van der Waals surface area contributed by atoms with Crippen molar-refractivity contribution in [2.45, 2.75) is 43.7 Å². The highest BCUT2D eigenvalue weighted by Gasteiger charge is 2.48. The van der Waals surface area contributed by atoms with E-state index in [4.69, 9.17) is 9.47 Å². The Kier molecular flexibility index (Phi) is 6.23. The smallest absolute Gasteiger partial charge is 0.407 e. The number of hydrogen-bond donors (Lipinski definition) is 2.